The smallest absolute Gasteiger partial charge is 0.225 e. The monoisotopic (exact) mass is 447 g/mol. The highest BCUT2D eigenvalue weighted by Gasteiger charge is 2.19. The summed E-state index contributed by atoms with van der Waals surface area (Å²) in [5, 5.41) is 8.65. The molecule has 2 aromatic heterocycles. The van der Waals surface area contributed by atoms with E-state index in [1.807, 2.05) is 30.3 Å². The van der Waals surface area contributed by atoms with Crippen molar-refractivity contribution in [1.29, 1.82) is 0 Å². The topological polar surface area (TPSA) is 94.1 Å². The minimum Gasteiger partial charge on any atom is -0.383 e. The fraction of sp³-hybridized carbons (Fsp3) is 0.292. The number of morpholine rings is 1. The maximum atomic E-state index is 13.6. The lowest BCUT2D eigenvalue weighted by molar-refractivity contribution is 0.0398. The van der Waals surface area contributed by atoms with Crippen molar-refractivity contribution in [2.45, 2.75) is 6.54 Å². The highest BCUT2D eigenvalue weighted by molar-refractivity contribution is 5.98. The molecule has 4 aromatic rings. The number of nitrogens with one attached hydrogen (secondary N) is 1. The number of ether oxygens (including phenoxy) is 1. The second-order valence-electron chi connectivity index (χ2n) is 8.01. The van der Waals surface area contributed by atoms with E-state index in [0.717, 1.165) is 44.0 Å². The summed E-state index contributed by atoms with van der Waals surface area (Å²) in [4.78, 5) is 11.7. The number of fused-ring (bicyclic) bond motifs is 1. The SMILES string of the molecule is Nc1c2c(-c3ccc(F)cc3)nc(NCCN3CCOCC3)nc2nn1Cc1ccccc1. The molecule has 3 heterocycles. The van der Waals surface area contributed by atoms with Crippen LogP contribution in [0.1, 0.15) is 5.56 Å². The summed E-state index contributed by atoms with van der Waals surface area (Å²) in [5.74, 6) is 0.646. The van der Waals surface area contributed by atoms with E-state index >= 15 is 0 Å². The highest BCUT2D eigenvalue weighted by atomic mass is 19.1. The Balaban J connectivity index is 1.48. The lowest BCUT2D eigenvalue weighted by Crippen LogP contribution is -2.39. The van der Waals surface area contributed by atoms with Gasteiger partial charge in [0, 0.05) is 31.7 Å². The molecule has 1 aliphatic rings. The number of nitrogens with two attached hydrogens (primary N) is 1. The third-order valence-corrected chi connectivity index (χ3v) is 5.75. The zero-order chi connectivity index (χ0) is 22.6. The first-order valence-corrected chi connectivity index (χ1v) is 11.1. The van der Waals surface area contributed by atoms with Gasteiger partial charge in [-0.1, -0.05) is 30.3 Å². The Morgan fingerprint density at radius 3 is 2.52 bits per heavy atom. The lowest BCUT2D eigenvalue weighted by Gasteiger charge is -2.26. The average molecular weight is 448 g/mol. The van der Waals surface area contributed by atoms with Gasteiger partial charge < -0.3 is 15.8 Å². The van der Waals surface area contributed by atoms with Crippen LogP contribution in [0, 0.1) is 5.82 Å². The molecule has 3 N–H and O–H groups in total. The minimum absolute atomic E-state index is 0.305. The molecule has 5 rings (SSSR count). The normalized spacial score (nSPS) is 14.6. The Morgan fingerprint density at radius 1 is 1.00 bits per heavy atom. The molecule has 1 aliphatic heterocycles. The van der Waals surface area contributed by atoms with Gasteiger partial charge in [-0.2, -0.15) is 4.98 Å². The second-order valence-corrected chi connectivity index (χ2v) is 8.01. The number of hydrogen-bond donors (Lipinski definition) is 2. The van der Waals surface area contributed by atoms with Crippen molar-refractivity contribution in [2.75, 3.05) is 50.4 Å². The molecule has 0 amide bonds. The van der Waals surface area contributed by atoms with Crippen LogP contribution in [0.4, 0.5) is 16.2 Å². The molecule has 33 heavy (non-hydrogen) atoms. The summed E-state index contributed by atoms with van der Waals surface area (Å²) in [6, 6.07) is 16.2. The molecule has 2 aromatic carbocycles. The number of nitrogen functional groups attached to an aromatic ring is 1. The molecule has 0 aliphatic carbocycles. The third kappa shape index (κ3) is 4.79. The second kappa shape index (κ2) is 9.51. The number of benzene rings is 2. The molecular weight excluding hydrogens is 421 g/mol. The van der Waals surface area contributed by atoms with Gasteiger partial charge in [-0.15, -0.1) is 5.10 Å². The molecule has 170 valence electrons. The van der Waals surface area contributed by atoms with Crippen LogP contribution < -0.4 is 11.1 Å². The quantitative estimate of drug-likeness (QED) is 0.450. The molecule has 0 saturated carbocycles. The van der Waals surface area contributed by atoms with E-state index in [1.165, 1.54) is 12.1 Å². The first-order valence-electron chi connectivity index (χ1n) is 11.1. The van der Waals surface area contributed by atoms with Gasteiger partial charge >= 0.3 is 0 Å². The molecule has 9 heteroatoms. The summed E-state index contributed by atoms with van der Waals surface area (Å²) < 4.78 is 20.7. The Kier molecular flexibility index (Phi) is 6.14. The van der Waals surface area contributed by atoms with Gasteiger partial charge in [-0.3, -0.25) is 4.90 Å². The third-order valence-electron chi connectivity index (χ3n) is 5.75. The van der Waals surface area contributed by atoms with Gasteiger partial charge in [0.25, 0.3) is 0 Å². The summed E-state index contributed by atoms with van der Waals surface area (Å²) in [6.07, 6.45) is 0. The fourth-order valence-electron chi connectivity index (χ4n) is 3.98. The number of hydrogen-bond acceptors (Lipinski definition) is 7. The van der Waals surface area contributed by atoms with Crippen molar-refractivity contribution in [3.05, 3.63) is 66.0 Å². The summed E-state index contributed by atoms with van der Waals surface area (Å²) in [6.45, 7) is 5.43. The van der Waals surface area contributed by atoms with Crippen LogP contribution >= 0.6 is 0 Å². The maximum absolute atomic E-state index is 13.6. The van der Waals surface area contributed by atoms with Crippen LogP contribution in [0.3, 0.4) is 0 Å². The van der Waals surface area contributed by atoms with E-state index in [0.29, 0.717) is 41.6 Å². The zero-order valence-corrected chi connectivity index (χ0v) is 18.2. The molecule has 1 fully saturated rings. The molecule has 0 radical (unpaired) electrons. The van der Waals surface area contributed by atoms with Gasteiger partial charge in [-0.05, 0) is 29.8 Å². The van der Waals surface area contributed by atoms with Crippen molar-refractivity contribution in [2.24, 2.45) is 0 Å². The molecule has 0 unspecified atom stereocenters. The molecule has 0 atom stereocenters. The summed E-state index contributed by atoms with van der Waals surface area (Å²) >= 11 is 0. The Hall–Kier alpha value is -3.56. The van der Waals surface area contributed by atoms with Crippen molar-refractivity contribution in [1.82, 2.24) is 24.6 Å². The summed E-state index contributed by atoms with van der Waals surface area (Å²) in [7, 11) is 0. The number of aromatic nitrogens is 4. The van der Waals surface area contributed by atoms with Crippen LogP contribution in [0.25, 0.3) is 22.3 Å². The number of halogens is 1. The van der Waals surface area contributed by atoms with E-state index in [2.05, 4.69) is 20.3 Å². The van der Waals surface area contributed by atoms with Crippen LogP contribution in [-0.4, -0.2) is 64.0 Å². The van der Waals surface area contributed by atoms with E-state index in [9.17, 15) is 4.39 Å². The first kappa shape index (κ1) is 21.3. The summed E-state index contributed by atoms with van der Waals surface area (Å²) in [5.41, 5.74) is 9.48. The molecule has 0 bridgehead atoms. The molecular formula is C24H26FN7O. The zero-order valence-electron chi connectivity index (χ0n) is 18.2. The first-order chi connectivity index (χ1) is 16.2. The van der Waals surface area contributed by atoms with E-state index in [1.54, 1.807) is 16.8 Å². The molecule has 0 spiro atoms. The van der Waals surface area contributed by atoms with Gasteiger partial charge in [0.05, 0.1) is 30.8 Å². The predicted molar refractivity (Wildman–Crippen MR) is 126 cm³/mol. The van der Waals surface area contributed by atoms with Gasteiger partial charge in [-0.25, -0.2) is 14.1 Å². The largest absolute Gasteiger partial charge is 0.383 e. The predicted octanol–water partition coefficient (Wildman–Crippen LogP) is 3.01. The van der Waals surface area contributed by atoms with E-state index < -0.39 is 0 Å². The standard InChI is InChI=1S/C24H26FN7O/c25-19-8-6-18(7-9-19)21-20-22(26)32(16-17-4-2-1-3-5-17)30-23(20)29-24(28-21)27-10-11-31-12-14-33-15-13-31/h1-9H,10-16,26H2,(H,27,29,30). The maximum Gasteiger partial charge on any atom is 0.225 e. The Morgan fingerprint density at radius 2 is 1.76 bits per heavy atom. The van der Waals surface area contributed by atoms with Crippen LogP contribution in [0.5, 0.6) is 0 Å². The van der Waals surface area contributed by atoms with Crippen molar-refractivity contribution >= 4 is 22.8 Å². The van der Waals surface area contributed by atoms with Crippen LogP contribution in [-0.2, 0) is 11.3 Å². The number of anilines is 2. The van der Waals surface area contributed by atoms with Gasteiger partial charge in [0.2, 0.25) is 5.95 Å². The van der Waals surface area contributed by atoms with E-state index in [4.69, 9.17) is 15.5 Å². The fourth-order valence-corrected chi connectivity index (χ4v) is 3.98. The molecule has 1 saturated heterocycles. The number of nitrogens with zero attached hydrogens (tertiary/aromatic N) is 5. The lowest BCUT2D eigenvalue weighted by atomic mass is 10.1. The van der Waals surface area contributed by atoms with Crippen molar-refractivity contribution in [3.8, 4) is 11.3 Å². The minimum atomic E-state index is -0.305. The highest BCUT2D eigenvalue weighted by Crippen LogP contribution is 2.31. The van der Waals surface area contributed by atoms with E-state index in [-0.39, 0.29) is 5.82 Å². The van der Waals surface area contributed by atoms with Crippen molar-refractivity contribution < 1.29 is 9.13 Å². The van der Waals surface area contributed by atoms with Gasteiger partial charge in [0.15, 0.2) is 5.65 Å². The van der Waals surface area contributed by atoms with Crippen molar-refractivity contribution in [3.63, 3.8) is 0 Å². The average Bonchev–Trinajstić information content (AvgIpc) is 3.15. The van der Waals surface area contributed by atoms with Gasteiger partial charge in [0.1, 0.15) is 11.6 Å². The molecule has 8 nitrogen and oxygen atoms in total. The Bertz CT molecular complexity index is 1220. The Labute approximate surface area is 191 Å². The number of rotatable bonds is 7. The van der Waals surface area contributed by atoms with Crippen LogP contribution in [0.15, 0.2) is 54.6 Å². The van der Waals surface area contributed by atoms with Crippen LogP contribution in [0.2, 0.25) is 0 Å².